The Labute approximate surface area is 272 Å². The number of methoxy groups -OCH3 is 1. The highest BCUT2D eigenvalue weighted by molar-refractivity contribution is 6.00. The van der Waals surface area contributed by atoms with Gasteiger partial charge in [0, 0.05) is 49.7 Å². The quantitative estimate of drug-likeness (QED) is 0.254. The third-order valence-electron chi connectivity index (χ3n) is 9.31. The highest BCUT2D eigenvalue weighted by Gasteiger charge is 2.30. The fourth-order valence-corrected chi connectivity index (χ4v) is 6.40. The molecule has 1 saturated heterocycles. The molecule has 2 aromatic carbocycles. The van der Waals surface area contributed by atoms with E-state index in [1.54, 1.807) is 18.2 Å². The standard InChI is InChI=1S/C35H39FN8O3/c1-20(38-34(45)22-7-10-25(36)11-8-22)27-12-9-23-16-29(43(32(23)39-27)18-21-5-6-21)33-40-28-15-24(17-30(47-4)31(28)42(33)3)35(46)44-19-26(37)13-14-41(44)2/h7-12,15-17,20-21,26H,5-6,13-14,18-19,37H2,1-4H3,(H,38,45)/t20-,26-/m1/s1. The van der Waals surface area contributed by atoms with Crippen LogP contribution in [0.5, 0.6) is 5.75 Å². The molecule has 3 aromatic heterocycles. The predicted octanol–water partition coefficient (Wildman–Crippen LogP) is 4.66. The van der Waals surface area contributed by atoms with Crippen LogP contribution in [0.4, 0.5) is 4.39 Å². The first-order valence-corrected chi connectivity index (χ1v) is 16.0. The normalized spacial score (nSPS) is 17.7. The van der Waals surface area contributed by atoms with Crippen molar-refractivity contribution in [3.63, 3.8) is 0 Å². The molecule has 11 nitrogen and oxygen atoms in total. The number of aromatic nitrogens is 4. The van der Waals surface area contributed by atoms with Gasteiger partial charge in [-0.3, -0.25) is 14.6 Å². The van der Waals surface area contributed by atoms with Crippen LogP contribution in [-0.2, 0) is 13.6 Å². The summed E-state index contributed by atoms with van der Waals surface area (Å²) in [6, 6.07) is 14.7. The molecule has 0 spiro atoms. The molecule has 2 aliphatic rings. The van der Waals surface area contributed by atoms with E-state index >= 15 is 0 Å². The van der Waals surface area contributed by atoms with E-state index < -0.39 is 5.82 Å². The fourth-order valence-electron chi connectivity index (χ4n) is 6.40. The molecule has 3 N–H and O–H groups in total. The number of imidazole rings is 1. The number of carbonyl (C=O) groups excluding carboxylic acids is 2. The fraction of sp³-hybridized carbons (Fsp3) is 0.371. The Balaban J connectivity index is 1.26. The first kappa shape index (κ1) is 30.8. The average molecular weight is 639 g/mol. The van der Waals surface area contributed by atoms with Gasteiger partial charge < -0.3 is 24.9 Å². The summed E-state index contributed by atoms with van der Waals surface area (Å²) in [5.41, 5.74) is 11.0. The summed E-state index contributed by atoms with van der Waals surface area (Å²) < 4.78 is 23.4. The Hall–Kier alpha value is -4.81. The molecule has 244 valence electrons. The molecule has 12 heteroatoms. The number of halogens is 1. The number of pyridine rings is 1. The Morgan fingerprint density at radius 3 is 2.53 bits per heavy atom. The Kier molecular flexibility index (Phi) is 7.93. The minimum absolute atomic E-state index is 0.0706. The van der Waals surface area contributed by atoms with Crippen LogP contribution >= 0.6 is 0 Å². The minimum Gasteiger partial charge on any atom is -0.494 e. The van der Waals surface area contributed by atoms with Gasteiger partial charge in [-0.15, -0.1) is 0 Å². The van der Waals surface area contributed by atoms with E-state index in [0.29, 0.717) is 47.1 Å². The van der Waals surface area contributed by atoms with Crippen LogP contribution in [-0.4, -0.2) is 74.2 Å². The number of amides is 2. The molecule has 4 heterocycles. The number of ether oxygens (including phenoxy) is 1. The van der Waals surface area contributed by atoms with E-state index in [1.807, 2.05) is 48.8 Å². The average Bonchev–Trinajstić information content (AvgIpc) is 3.74. The molecular formula is C35H39FN8O3. The van der Waals surface area contributed by atoms with E-state index in [9.17, 15) is 14.0 Å². The van der Waals surface area contributed by atoms with Crippen molar-refractivity contribution < 1.29 is 18.7 Å². The largest absolute Gasteiger partial charge is 0.494 e. The van der Waals surface area contributed by atoms with Crippen LogP contribution in [0.25, 0.3) is 33.6 Å². The molecular weight excluding hydrogens is 599 g/mol. The third kappa shape index (κ3) is 5.83. The van der Waals surface area contributed by atoms with Gasteiger partial charge in [0.25, 0.3) is 11.8 Å². The molecule has 7 rings (SSSR count). The van der Waals surface area contributed by atoms with Crippen molar-refractivity contribution in [2.45, 2.75) is 44.8 Å². The number of aryl methyl sites for hydroxylation is 1. The van der Waals surface area contributed by atoms with Crippen molar-refractivity contribution in [1.82, 2.24) is 34.4 Å². The van der Waals surface area contributed by atoms with Gasteiger partial charge in [0.1, 0.15) is 22.7 Å². The monoisotopic (exact) mass is 638 g/mol. The highest BCUT2D eigenvalue weighted by Crippen LogP contribution is 2.38. The second-order valence-electron chi connectivity index (χ2n) is 12.8. The maximum absolute atomic E-state index is 13.7. The second kappa shape index (κ2) is 12.1. The van der Waals surface area contributed by atoms with Crippen LogP contribution in [0.1, 0.15) is 58.6 Å². The Morgan fingerprint density at radius 1 is 1.04 bits per heavy atom. The van der Waals surface area contributed by atoms with E-state index in [1.165, 1.54) is 24.3 Å². The second-order valence-corrected chi connectivity index (χ2v) is 12.8. The van der Waals surface area contributed by atoms with E-state index in [2.05, 4.69) is 16.0 Å². The van der Waals surface area contributed by atoms with Crippen LogP contribution in [0, 0.1) is 11.7 Å². The summed E-state index contributed by atoms with van der Waals surface area (Å²) in [4.78, 5) is 36.6. The minimum atomic E-state index is -0.391. The summed E-state index contributed by atoms with van der Waals surface area (Å²) in [7, 11) is 5.46. The van der Waals surface area contributed by atoms with Gasteiger partial charge in [-0.05, 0) is 86.7 Å². The number of benzene rings is 2. The molecule has 47 heavy (non-hydrogen) atoms. The van der Waals surface area contributed by atoms with Crippen molar-refractivity contribution in [1.29, 1.82) is 0 Å². The third-order valence-corrected chi connectivity index (χ3v) is 9.31. The predicted molar refractivity (Wildman–Crippen MR) is 177 cm³/mol. The first-order chi connectivity index (χ1) is 22.6. The summed E-state index contributed by atoms with van der Waals surface area (Å²) in [6.45, 7) is 3.84. The Morgan fingerprint density at radius 2 is 1.81 bits per heavy atom. The molecule has 2 amide bonds. The molecule has 2 atom stereocenters. The molecule has 1 aliphatic carbocycles. The van der Waals surface area contributed by atoms with Gasteiger partial charge in [0.15, 0.2) is 5.82 Å². The number of hydrazine groups is 1. The number of fused-ring (bicyclic) bond motifs is 2. The number of hydrogen-bond acceptors (Lipinski definition) is 7. The molecule has 0 bridgehead atoms. The Bertz CT molecular complexity index is 2000. The van der Waals surface area contributed by atoms with E-state index in [0.717, 1.165) is 53.9 Å². The lowest BCUT2D eigenvalue weighted by Gasteiger charge is -2.38. The smallest absolute Gasteiger partial charge is 0.268 e. The van der Waals surface area contributed by atoms with Crippen molar-refractivity contribution >= 4 is 33.9 Å². The zero-order valence-electron chi connectivity index (χ0n) is 27.0. The van der Waals surface area contributed by atoms with Crippen molar-refractivity contribution in [3.8, 4) is 17.3 Å². The number of nitrogens with zero attached hydrogens (tertiary/aromatic N) is 6. The van der Waals surface area contributed by atoms with Crippen molar-refractivity contribution in [2.75, 3.05) is 27.2 Å². The summed E-state index contributed by atoms with van der Waals surface area (Å²) in [5, 5.41) is 7.55. The topological polar surface area (TPSA) is 124 Å². The van der Waals surface area contributed by atoms with E-state index in [-0.39, 0.29) is 23.9 Å². The number of nitrogens with two attached hydrogens (primary N) is 1. The van der Waals surface area contributed by atoms with Crippen LogP contribution in [0.3, 0.4) is 0 Å². The molecule has 1 saturated carbocycles. The van der Waals surface area contributed by atoms with Gasteiger partial charge in [-0.1, -0.05) is 0 Å². The van der Waals surface area contributed by atoms with Gasteiger partial charge in [0.2, 0.25) is 0 Å². The van der Waals surface area contributed by atoms with Gasteiger partial charge in [-0.25, -0.2) is 19.4 Å². The maximum Gasteiger partial charge on any atom is 0.268 e. The molecule has 0 unspecified atom stereocenters. The first-order valence-electron chi connectivity index (χ1n) is 16.0. The van der Waals surface area contributed by atoms with Gasteiger partial charge in [-0.2, -0.15) is 0 Å². The lowest BCUT2D eigenvalue weighted by molar-refractivity contribution is -0.0168. The number of nitrogens with one attached hydrogen (secondary N) is 1. The molecule has 2 fully saturated rings. The maximum atomic E-state index is 13.7. The van der Waals surface area contributed by atoms with Crippen molar-refractivity contribution in [2.24, 2.45) is 18.7 Å². The summed E-state index contributed by atoms with van der Waals surface area (Å²) >= 11 is 0. The SMILES string of the molecule is COc1cc(C(=O)N2C[C@H](N)CCN2C)cc2nc(-c3cc4ccc([C@@H](C)NC(=O)c5ccc(F)cc5)nc4n3CC3CC3)n(C)c12. The number of hydrogen-bond donors (Lipinski definition) is 2. The highest BCUT2D eigenvalue weighted by atomic mass is 19.1. The lowest BCUT2D eigenvalue weighted by atomic mass is 10.1. The summed E-state index contributed by atoms with van der Waals surface area (Å²) in [6.07, 6.45) is 3.14. The number of carbonyl (C=O) groups is 2. The lowest BCUT2D eigenvalue weighted by Crippen LogP contribution is -2.55. The van der Waals surface area contributed by atoms with Crippen molar-refractivity contribution in [3.05, 3.63) is 77.2 Å². The van der Waals surface area contributed by atoms with Crippen LogP contribution in [0.2, 0.25) is 0 Å². The van der Waals surface area contributed by atoms with Crippen LogP contribution in [0.15, 0.2) is 54.6 Å². The van der Waals surface area contributed by atoms with Crippen LogP contribution < -0.4 is 15.8 Å². The van der Waals surface area contributed by atoms with Gasteiger partial charge in [0.05, 0.1) is 36.6 Å². The zero-order valence-corrected chi connectivity index (χ0v) is 27.0. The number of rotatable bonds is 8. The van der Waals surface area contributed by atoms with E-state index in [4.69, 9.17) is 20.4 Å². The summed E-state index contributed by atoms with van der Waals surface area (Å²) in [5.74, 6) is 1.01. The molecule has 1 aliphatic heterocycles. The van der Waals surface area contributed by atoms with Gasteiger partial charge >= 0.3 is 0 Å². The molecule has 0 radical (unpaired) electrons. The zero-order chi connectivity index (χ0) is 33.0. The molecule has 5 aromatic rings.